The van der Waals surface area contributed by atoms with Crippen LogP contribution in [0.5, 0.6) is 0 Å². The van der Waals surface area contributed by atoms with E-state index in [9.17, 15) is 14.4 Å². The van der Waals surface area contributed by atoms with Crippen LogP contribution in [0.2, 0.25) is 0 Å². The second kappa shape index (κ2) is 10.6. The average Bonchev–Trinajstić information content (AvgIpc) is 2.72. The van der Waals surface area contributed by atoms with E-state index in [1.165, 1.54) is 60.5 Å². The second-order valence-corrected chi connectivity index (χ2v) is 6.03. The Hall–Kier alpha value is -2.72. The molecule has 2 aromatic carbocycles. The van der Waals surface area contributed by atoms with E-state index >= 15 is 0 Å². The summed E-state index contributed by atoms with van der Waals surface area (Å²) in [6.07, 6.45) is 2.26. The molecule has 0 spiro atoms. The zero-order valence-electron chi connectivity index (χ0n) is 15.2. The first kappa shape index (κ1) is 21.6. The van der Waals surface area contributed by atoms with Gasteiger partial charge in [-0.3, -0.25) is 4.79 Å². The molecule has 0 aliphatic rings. The van der Waals surface area contributed by atoms with Gasteiger partial charge in [0.1, 0.15) is 0 Å². The van der Waals surface area contributed by atoms with Crippen LogP contribution < -0.4 is 5.32 Å². The molecule has 0 radical (unpaired) electrons. The Bertz CT molecular complexity index is 861. The van der Waals surface area contributed by atoms with Crippen LogP contribution in [-0.2, 0) is 17.3 Å². The molecule has 2 rings (SSSR count). The molecule has 0 saturated carbocycles. The van der Waals surface area contributed by atoms with E-state index in [4.69, 9.17) is 9.47 Å². The summed E-state index contributed by atoms with van der Waals surface area (Å²) in [6, 6.07) is 13.0. The van der Waals surface area contributed by atoms with Crippen molar-refractivity contribution in [2.75, 3.05) is 12.4 Å². The lowest BCUT2D eigenvalue weighted by molar-refractivity contribution is -0.126. The van der Waals surface area contributed by atoms with Crippen molar-refractivity contribution in [3.05, 3.63) is 71.3 Å². The molecule has 0 bridgehead atoms. The molecule has 0 aromatic heterocycles. The number of hydrogen-bond acceptors (Lipinski definition) is 6. The van der Waals surface area contributed by atoms with Crippen LogP contribution in [0.4, 0.5) is 5.69 Å². The van der Waals surface area contributed by atoms with Crippen LogP contribution in [0.15, 0.2) is 54.6 Å². The van der Waals surface area contributed by atoms with Gasteiger partial charge in [0.05, 0.1) is 5.56 Å². The Morgan fingerprint density at radius 1 is 1.00 bits per heavy atom. The van der Waals surface area contributed by atoms with Gasteiger partial charge in [-0.1, -0.05) is 12.1 Å². The van der Waals surface area contributed by atoms with Gasteiger partial charge in [-0.15, -0.1) is 0 Å². The largest absolute Gasteiger partial charge is 0.432 e. The number of esters is 1. The smallest absolute Gasteiger partial charge is 0.340 e. The van der Waals surface area contributed by atoms with Gasteiger partial charge >= 0.3 is 11.9 Å². The zero-order valence-corrected chi connectivity index (χ0v) is 17.3. The predicted molar refractivity (Wildman–Crippen MR) is 112 cm³/mol. The minimum absolute atomic E-state index is 0.318. The normalized spacial score (nSPS) is 11.7. The third kappa shape index (κ3) is 6.46. The van der Waals surface area contributed by atoms with E-state index in [1.54, 1.807) is 37.3 Å². The number of carbonyl (C=O) groups excluding carboxylic acids is 3. The van der Waals surface area contributed by atoms with Gasteiger partial charge in [0.15, 0.2) is 29.3 Å². The zero-order chi connectivity index (χ0) is 20.5. The number of anilines is 1. The van der Waals surface area contributed by atoms with Crippen molar-refractivity contribution < 1.29 is 26.9 Å². The first-order chi connectivity index (χ1) is 13.4. The molecule has 7 nitrogen and oxygen atoms in total. The van der Waals surface area contributed by atoms with E-state index in [-0.39, 0.29) is 5.91 Å². The van der Waals surface area contributed by atoms with Gasteiger partial charge in [0, 0.05) is 24.4 Å². The molecule has 1 amide bonds. The highest BCUT2D eigenvalue weighted by atomic mass is 127. The molecule has 0 aliphatic heterocycles. The second-order valence-electron chi connectivity index (χ2n) is 5.59. The molecule has 0 saturated heterocycles. The quantitative estimate of drug-likeness (QED) is 0.271. The predicted octanol–water partition coefficient (Wildman–Crippen LogP) is 3.99. The molecule has 1 unspecified atom stereocenters. The Balaban J connectivity index is 1.98. The highest BCUT2D eigenvalue weighted by Crippen LogP contribution is 2.14. The molecule has 0 heterocycles. The molecule has 28 heavy (non-hydrogen) atoms. The standard InChI is InChI=1S/C20H18INO6/c1-13(26-2)27-20(25)16-8-6-15(7-9-16)19(24)22-17-10-3-14(4-11-17)5-12-18(23)28-21/h3-13H,1-2H3,(H,22,24)/b12-5+. The van der Waals surface area contributed by atoms with Gasteiger partial charge in [-0.25, -0.2) is 9.59 Å². The van der Waals surface area contributed by atoms with Crippen LogP contribution in [0.1, 0.15) is 33.2 Å². The summed E-state index contributed by atoms with van der Waals surface area (Å²) in [5.74, 6) is -1.31. The maximum atomic E-state index is 12.3. The summed E-state index contributed by atoms with van der Waals surface area (Å²) in [7, 11) is 1.44. The molecule has 2 aromatic rings. The Morgan fingerprint density at radius 2 is 1.61 bits per heavy atom. The summed E-state index contributed by atoms with van der Waals surface area (Å²) in [5, 5.41) is 2.76. The van der Waals surface area contributed by atoms with Crippen LogP contribution in [0.25, 0.3) is 6.08 Å². The maximum absolute atomic E-state index is 12.3. The Kier molecular flexibility index (Phi) is 8.15. The minimum Gasteiger partial charge on any atom is -0.432 e. The number of benzene rings is 2. The molecule has 0 fully saturated rings. The number of carbonyl (C=O) groups is 3. The third-order valence-electron chi connectivity index (χ3n) is 3.64. The maximum Gasteiger partial charge on any atom is 0.340 e. The van der Waals surface area contributed by atoms with E-state index < -0.39 is 18.2 Å². The van der Waals surface area contributed by atoms with Crippen molar-refractivity contribution >= 4 is 52.6 Å². The summed E-state index contributed by atoms with van der Waals surface area (Å²) in [5.41, 5.74) is 2.09. The van der Waals surface area contributed by atoms with Gasteiger partial charge in [-0.05, 0) is 55.0 Å². The summed E-state index contributed by atoms with van der Waals surface area (Å²) < 4.78 is 14.4. The number of nitrogens with one attached hydrogen (secondary N) is 1. The molecular formula is C20H18INO6. The number of methoxy groups -OCH3 is 1. The lowest BCUT2D eigenvalue weighted by Gasteiger charge is -2.11. The van der Waals surface area contributed by atoms with Crippen molar-refractivity contribution in [2.24, 2.45) is 0 Å². The topological polar surface area (TPSA) is 90.9 Å². The molecular weight excluding hydrogens is 477 g/mol. The van der Waals surface area contributed by atoms with Crippen molar-refractivity contribution in [3.8, 4) is 0 Å². The lowest BCUT2D eigenvalue weighted by Crippen LogP contribution is -2.17. The van der Waals surface area contributed by atoms with Crippen LogP contribution >= 0.6 is 23.0 Å². The fourth-order valence-electron chi connectivity index (χ4n) is 2.10. The molecule has 8 heteroatoms. The average molecular weight is 495 g/mol. The van der Waals surface area contributed by atoms with E-state index in [2.05, 4.69) is 8.38 Å². The minimum atomic E-state index is -0.652. The number of ether oxygens (including phenoxy) is 2. The summed E-state index contributed by atoms with van der Waals surface area (Å²) >= 11 is 1.51. The monoisotopic (exact) mass is 495 g/mol. The number of amides is 1. The van der Waals surface area contributed by atoms with E-state index in [1.807, 2.05) is 0 Å². The number of rotatable bonds is 7. The highest BCUT2D eigenvalue weighted by molar-refractivity contribution is 14.1. The van der Waals surface area contributed by atoms with E-state index in [0.29, 0.717) is 16.8 Å². The first-order valence-corrected chi connectivity index (χ1v) is 9.07. The summed E-state index contributed by atoms with van der Waals surface area (Å²) in [4.78, 5) is 35.3. The van der Waals surface area contributed by atoms with Crippen molar-refractivity contribution in [2.45, 2.75) is 13.2 Å². The molecule has 146 valence electrons. The highest BCUT2D eigenvalue weighted by Gasteiger charge is 2.13. The Morgan fingerprint density at radius 3 is 2.18 bits per heavy atom. The van der Waals surface area contributed by atoms with E-state index in [0.717, 1.165) is 5.56 Å². The molecule has 1 atom stereocenters. The van der Waals surface area contributed by atoms with Crippen LogP contribution in [-0.4, -0.2) is 31.2 Å². The van der Waals surface area contributed by atoms with Crippen LogP contribution in [0.3, 0.4) is 0 Å². The van der Waals surface area contributed by atoms with Gasteiger partial charge in [0.2, 0.25) is 0 Å². The molecule has 0 aliphatic carbocycles. The molecule has 1 N–H and O–H groups in total. The lowest BCUT2D eigenvalue weighted by atomic mass is 10.1. The van der Waals surface area contributed by atoms with Gasteiger partial charge < -0.3 is 17.9 Å². The number of hydrogen-bond donors (Lipinski definition) is 1. The fraction of sp³-hybridized carbons (Fsp3) is 0.150. The SMILES string of the molecule is COC(C)OC(=O)c1ccc(C(=O)Nc2ccc(/C=C/C(=O)OI)cc2)cc1. The fourth-order valence-corrected chi connectivity index (χ4v) is 2.24. The first-order valence-electron chi connectivity index (χ1n) is 8.19. The summed E-state index contributed by atoms with van der Waals surface area (Å²) in [6.45, 7) is 1.61. The third-order valence-corrected chi connectivity index (χ3v) is 4.08. The van der Waals surface area contributed by atoms with Crippen LogP contribution in [0, 0.1) is 0 Å². The van der Waals surface area contributed by atoms with Crippen molar-refractivity contribution in [1.82, 2.24) is 0 Å². The van der Waals surface area contributed by atoms with Crippen molar-refractivity contribution in [1.29, 1.82) is 0 Å². The van der Waals surface area contributed by atoms with Gasteiger partial charge in [0.25, 0.3) is 5.91 Å². The van der Waals surface area contributed by atoms with Gasteiger partial charge in [-0.2, -0.15) is 0 Å². The Labute approximate surface area is 176 Å². The van der Waals surface area contributed by atoms with Crippen molar-refractivity contribution in [3.63, 3.8) is 0 Å². The number of halogens is 1.